The molecule has 2 amide bonds. The maximum absolute atomic E-state index is 14.7. The monoisotopic (exact) mass is 402 g/mol. The SMILES string of the molecule is Cc1nnc2n1CCC[C@@H]2NC(=O)Nc1ccc(N2C[C@H](C)O[C@@H](C)C2)c(F)c1. The van der Waals surface area contributed by atoms with Crippen LogP contribution in [0.5, 0.6) is 0 Å². The van der Waals surface area contributed by atoms with Crippen molar-refractivity contribution < 1.29 is 13.9 Å². The Kier molecular flexibility index (Phi) is 5.40. The number of rotatable bonds is 3. The summed E-state index contributed by atoms with van der Waals surface area (Å²) >= 11 is 0. The average Bonchev–Trinajstić information content (AvgIpc) is 3.03. The molecule has 1 fully saturated rings. The number of urea groups is 1. The molecular formula is C20H27FN6O2. The maximum atomic E-state index is 14.7. The van der Waals surface area contributed by atoms with E-state index in [0.29, 0.717) is 24.5 Å². The lowest BCUT2D eigenvalue weighted by Crippen LogP contribution is -2.45. The summed E-state index contributed by atoms with van der Waals surface area (Å²) in [5.74, 6) is 1.24. The molecule has 0 bridgehead atoms. The highest BCUT2D eigenvalue weighted by Crippen LogP contribution is 2.27. The van der Waals surface area contributed by atoms with Gasteiger partial charge in [0.05, 0.1) is 23.9 Å². The predicted octanol–water partition coefficient (Wildman–Crippen LogP) is 3.00. The van der Waals surface area contributed by atoms with Crippen molar-refractivity contribution in [2.75, 3.05) is 23.3 Å². The minimum atomic E-state index is -0.384. The van der Waals surface area contributed by atoms with Crippen molar-refractivity contribution in [2.45, 2.75) is 58.4 Å². The standard InChI is InChI=1S/C20H27FN6O2/c1-12-10-26(11-13(2)29-12)18-7-6-15(9-16(18)21)22-20(28)23-17-5-4-8-27-14(3)24-25-19(17)27/h6-7,9,12-13,17H,4-5,8,10-11H2,1-3H3,(H2,22,23,28)/t12-,13-,17-/m0/s1. The van der Waals surface area contributed by atoms with E-state index in [1.165, 1.54) is 6.07 Å². The number of morpholine rings is 1. The first kappa shape index (κ1) is 19.6. The van der Waals surface area contributed by atoms with Gasteiger partial charge in [0.1, 0.15) is 11.6 Å². The van der Waals surface area contributed by atoms with Gasteiger partial charge in [-0.2, -0.15) is 0 Å². The summed E-state index contributed by atoms with van der Waals surface area (Å²) in [7, 11) is 0. The van der Waals surface area contributed by atoms with Gasteiger partial charge in [-0.05, 0) is 51.8 Å². The van der Waals surface area contributed by atoms with Crippen LogP contribution in [0.2, 0.25) is 0 Å². The van der Waals surface area contributed by atoms with Crippen LogP contribution in [-0.4, -0.2) is 46.1 Å². The first-order valence-corrected chi connectivity index (χ1v) is 10.1. The van der Waals surface area contributed by atoms with Crippen molar-refractivity contribution in [1.82, 2.24) is 20.1 Å². The minimum absolute atomic E-state index is 0.0444. The van der Waals surface area contributed by atoms with Crippen molar-refractivity contribution in [2.24, 2.45) is 0 Å². The number of nitrogens with zero attached hydrogens (tertiary/aromatic N) is 4. The number of amides is 2. The lowest BCUT2D eigenvalue weighted by atomic mass is 10.1. The van der Waals surface area contributed by atoms with Gasteiger partial charge in [-0.15, -0.1) is 10.2 Å². The van der Waals surface area contributed by atoms with Gasteiger partial charge in [0.2, 0.25) is 0 Å². The highest BCUT2D eigenvalue weighted by atomic mass is 19.1. The van der Waals surface area contributed by atoms with E-state index in [4.69, 9.17) is 4.74 Å². The third-order valence-electron chi connectivity index (χ3n) is 5.42. The fraction of sp³-hybridized carbons (Fsp3) is 0.550. The summed E-state index contributed by atoms with van der Waals surface area (Å²) in [5, 5.41) is 13.9. The summed E-state index contributed by atoms with van der Waals surface area (Å²) in [6.07, 6.45) is 1.83. The summed E-state index contributed by atoms with van der Waals surface area (Å²) < 4.78 is 22.5. The normalized spacial score (nSPS) is 24.1. The molecule has 0 unspecified atom stereocenters. The number of anilines is 2. The van der Waals surface area contributed by atoms with Gasteiger partial charge in [-0.25, -0.2) is 9.18 Å². The number of hydrogen-bond acceptors (Lipinski definition) is 5. The molecule has 8 nitrogen and oxygen atoms in total. The first-order chi connectivity index (χ1) is 13.9. The van der Waals surface area contributed by atoms with Crippen LogP contribution in [0, 0.1) is 12.7 Å². The largest absolute Gasteiger partial charge is 0.372 e. The molecule has 0 radical (unpaired) electrons. The van der Waals surface area contributed by atoms with Crippen molar-refractivity contribution in [3.8, 4) is 0 Å². The molecule has 0 saturated carbocycles. The van der Waals surface area contributed by atoms with Gasteiger partial charge in [-0.3, -0.25) is 0 Å². The van der Waals surface area contributed by atoms with Gasteiger partial charge in [0, 0.05) is 25.3 Å². The summed E-state index contributed by atoms with van der Waals surface area (Å²) in [5.41, 5.74) is 0.931. The molecule has 4 rings (SSSR count). The molecule has 9 heteroatoms. The molecule has 1 saturated heterocycles. The fourth-order valence-electron chi connectivity index (χ4n) is 4.19. The third kappa shape index (κ3) is 4.19. The number of carbonyl (C=O) groups is 1. The van der Waals surface area contributed by atoms with Crippen molar-refractivity contribution in [1.29, 1.82) is 0 Å². The van der Waals surface area contributed by atoms with Crippen LogP contribution in [0.3, 0.4) is 0 Å². The van der Waals surface area contributed by atoms with Crippen molar-refractivity contribution >= 4 is 17.4 Å². The zero-order valence-electron chi connectivity index (χ0n) is 17.0. The second-order valence-corrected chi connectivity index (χ2v) is 7.88. The van der Waals surface area contributed by atoms with E-state index in [9.17, 15) is 9.18 Å². The number of fused-ring (bicyclic) bond motifs is 1. The molecule has 2 aliphatic rings. The van der Waals surface area contributed by atoms with E-state index in [-0.39, 0.29) is 30.1 Å². The maximum Gasteiger partial charge on any atom is 0.319 e. The average molecular weight is 402 g/mol. The summed E-state index contributed by atoms with van der Waals surface area (Å²) in [6.45, 7) is 7.99. The van der Waals surface area contributed by atoms with Crippen LogP contribution >= 0.6 is 0 Å². The number of aromatic nitrogens is 3. The van der Waals surface area contributed by atoms with E-state index in [2.05, 4.69) is 20.8 Å². The first-order valence-electron chi connectivity index (χ1n) is 10.1. The molecule has 29 heavy (non-hydrogen) atoms. The van der Waals surface area contributed by atoms with Gasteiger partial charge < -0.3 is 24.8 Å². The van der Waals surface area contributed by atoms with Crippen LogP contribution in [0.4, 0.5) is 20.6 Å². The number of ether oxygens (including phenoxy) is 1. The molecule has 1 aromatic carbocycles. The Morgan fingerprint density at radius 2 is 2.00 bits per heavy atom. The van der Waals surface area contributed by atoms with Gasteiger partial charge in [0.15, 0.2) is 5.82 Å². The highest BCUT2D eigenvalue weighted by molar-refractivity contribution is 5.89. The van der Waals surface area contributed by atoms with E-state index in [1.54, 1.807) is 12.1 Å². The molecule has 156 valence electrons. The molecule has 0 aliphatic carbocycles. The molecular weight excluding hydrogens is 375 g/mol. The zero-order chi connectivity index (χ0) is 20.5. The molecule has 2 aliphatic heterocycles. The van der Waals surface area contributed by atoms with Gasteiger partial charge >= 0.3 is 6.03 Å². The quantitative estimate of drug-likeness (QED) is 0.825. The summed E-state index contributed by atoms with van der Waals surface area (Å²) in [6, 6.07) is 4.19. The topological polar surface area (TPSA) is 84.3 Å². The molecule has 2 N–H and O–H groups in total. The van der Waals surface area contributed by atoms with Crippen LogP contribution in [0.1, 0.15) is 44.4 Å². The van der Waals surface area contributed by atoms with Crippen LogP contribution in [-0.2, 0) is 11.3 Å². The van der Waals surface area contributed by atoms with E-state index in [1.807, 2.05) is 30.2 Å². The van der Waals surface area contributed by atoms with Crippen LogP contribution < -0.4 is 15.5 Å². The second-order valence-electron chi connectivity index (χ2n) is 7.88. The minimum Gasteiger partial charge on any atom is -0.372 e. The Hall–Kier alpha value is -2.68. The lowest BCUT2D eigenvalue weighted by Gasteiger charge is -2.37. The highest BCUT2D eigenvalue weighted by Gasteiger charge is 2.26. The Morgan fingerprint density at radius 1 is 1.24 bits per heavy atom. The smallest absolute Gasteiger partial charge is 0.319 e. The Labute approximate surface area is 169 Å². The molecule has 3 atom stereocenters. The number of benzene rings is 1. The van der Waals surface area contributed by atoms with E-state index in [0.717, 1.165) is 31.0 Å². The lowest BCUT2D eigenvalue weighted by molar-refractivity contribution is -0.00539. The van der Waals surface area contributed by atoms with Gasteiger partial charge in [0.25, 0.3) is 0 Å². The van der Waals surface area contributed by atoms with Crippen molar-refractivity contribution in [3.05, 3.63) is 35.7 Å². The van der Waals surface area contributed by atoms with Crippen molar-refractivity contribution in [3.63, 3.8) is 0 Å². The number of halogens is 1. The van der Waals surface area contributed by atoms with Crippen LogP contribution in [0.25, 0.3) is 0 Å². The molecule has 0 spiro atoms. The van der Waals surface area contributed by atoms with Crippen LogP contribution in [0.15, 0.2) is 18.2 Å². The number of carbonyl (C=O) groups excluding carboxylic acids is 1. The predicted molar refractivity (Wildman–Crippen MR) is 108 cm³/mol. The molecule has 3 heterocycles. The second kappa shape index (κ2) is 7.98. The third-order valence-corrected chi connectivity index (χ3v) is 5.42. The Balaban J connectivity index is 1.41. The van der Waals surface area contributed by atoms with Gasteiger partial charge in [-0.1, -0.05) is 0 Å². The van der Waals surface area contributed by atoms with E-state index >= 15 is 0 Å². The summed E-state index contributed by atoms with van der Waals surface area (Å²) in [4.78, 5) is 14.4. The van der Waals surface area contributed by atoms with E-state index < -0.39 is 0 Å². The zero-order valence-corrected chi connectivity index (χ0v) is 17.0. The molecule has 1 aromatic heterocycles. The fourth-order valence-corrected chi connectivity index (χ4v) is 4.19. The number of aryl methyl sites for hydroxylation is 1. The number of hydrogen-bond donors (Lipinski definition) is 2. The molecule has 2 aromatic rings. The Morgan fingerprint density at radius 3 is 2.72 bits per heavy atom. The Bertz CT molecular complexity index is 891. The number of nitrogens with one attached hydrogen (secondary N) is 2.